The third-order valence-electron chi connectivity index (χ3n) is 4.21. The highest BCUT2D eigenvalue weighted by Crippen LogP contribution is 2.38. The lowest BCUT2D eigenvalue weighted by molar-refractivity contribution is -0.140. The maximum Gasteiger partial charge on any atom is 0.434 e. The van der Waals surface area contributed by atoms with Gasteiger partial charge in [0.15, 0.2) is 10.8 Å². The number of benzene rings is 1. The number of hydrogen-bond donors (Lipinski definition) is 0. The van der Waals surface area contributed by atoms with Gasteiger partial charge in [0.05, 0.1) is 11.5 Å². The second kappa shape index (κ2) is 5.85. The van der Waals surface area contributed by atoms with Gasteiger partial charge in [-0.15, -0.1) is 11.3 Å². The molecule has 23 heavy (non-hydrogen) atoms. The van der Waals surface area contributed by atoms with Gasteiger partial charge in [0.1, 0.15) is 0 Å². The fourth-order valence-corrected chi connectivity index (χ4v) is 3.73. The van der Waals surface area contributed by atoms with Crippen molar-refractivity contribution in [2.75, 3.05) is 18.0 Å². The molecule has 0 radical (unpaired) electrons. The van der Waals surface area contributed by atoms with E-state index in [0.717, 1.165) is 22.3 Å². The van der Waals surface area contributed by atoms with E-state index in [2.05, 4.69) is 11.1 Å². The van der Waals surface area contributed by atoms with Crippen molar-refractivity contribution in [3.63, 3.8) is 0 Å². The largest absolute Gasteiger partial charge is 0.434 e. The molecule has 1 aromatic carbocycles. The van der Waals surface area contributed by atoms with Gasteiger partial charge in [-0.3, -0.25) is 0 Å². The van der Waals surface area contributed by atoms with Crippen LogP contribution in [0, 0.1) is 11.3 Å². The summed E-state index contributed by atoms with van der Waals surface area (Å²) in [5.41, 5.74) is -0.447. The number of alkyl halides is 3. The van der Waals surface area contributed by atoms with Gasteiger partial charge < -0.3 is 4.90 Å². The van der Waals surface area contributed by atoms with Crippen LogP contribution in [0.25, 0.3) is 0 Å². The fraction of sp³-hybridized carbons (Fsp3) is 0.375. The minimum Gasteiger partial charge on any atom is -0.348 e. The van der Waals surface area contributed by atoms with Crippen molar-refractivity contribution in [1.29, 1.82) is 5.26 Å². The quantitative estimate of drug-likeness (QED) is 0.823. The first kappa shape index (κ1) is 15.8. The van der Waals surface area contributed by atoms with Crippen LogP contribution in [0.2, 0.25) is 0 Å². The van der Waals surface area contributed by atoms with Gasteiger partial charge in [0.25, 0.3) is 0 Å². The van der Waals surface area contributed by atoms with E-state index in [1.165, 1.54) is 0 Å². The Balaban J connectivity index is 1.76. The van der Waals surface area contributed by atoms with Crippen LogP contribution >= 0.6 is 11.3 Å². The van der Waals surface area contributed by atoms with Gasteiger partial charge in [0, 0.05) is 18.5 Å². The molecule has 0 aliphatic carbocycles. The lowest BCUT2D eigenvalue weighted by Crippen LogP contribution is -2.42. The third-order valence-corrected chi connectivity index (χ3v) is 5.11. The number of nitrogens with zero attached hydrogens (tertiary/aromatic N) is 3. The van der Waals surface area contributed by atoms with Crippen LogP contribution < -0.4 is 4.90 Å². The summed E-state index contributed by atoms with van der Waals surface area (Å²) in [5.74, 6) is 0. The number of nitriles is 1. The van der Waals surface area contributed by atoms with Gasteiger partial charge >= 0.3 is 6.18 Å². The molecule has 120 valence electrons. The number of aromatic nitrogens is 1. The molecule has 0 bridgehead atoms. The summed E-state index contributed by atoms with van der Waals surface area (Å²) >= 11 is 0.998. The Morgan fingerprint density at radius 3 is 2.35 bits per heavy atom. The predicted molar refractivity (Wildman–Crippen MR) is 82.3 cm³/mol. The van der Waals surface area contributed by atoms with Gasteiger partial charge in [-0.05, 0) is 18.4 Å². The smallest absolute Gasteiger partial charge is 0.348 e. The number of anilines is 1. The van der Waals surface area contributed by atoms with E-state index in [0.29, 0.717) is 31.1 Å². The molecule has 1 aromatic heterocycles. The van der Waals surface area contributed by atoms with E-state index < -0.39 is 17.3 Å². The van der Waals surface area contributed by atoms with Crippen molar-refractivity contribution >= 4 is 16.5 Å². The zero-order valence-corrected chi connectivity index (χ0v) is 13.0. The first-order valence-electron chi connectivity index (χ1n) is 7.19. The van der Waals surface area contributed by atoms with Gasteiger partial charge in [-0.25, -0.2) is 4.98 Å². The average Bonchev–Trinajstić information content (AvgIpc) is 3.06. The van der Waals surface area contributed by atoms with E-state index in [9.17, 15) is 18.4 Å². The highest BCUT2D eigenvalue weighted by Gasteiger charge is 2.38. The normalized spacial score (nSPS) is 17.7. The Morgan fingerprint density at radius 1 is 1.17 bits per heavy atom. The zero-order chi connectivity index (χ0) is 16.5. The average molecular weight is 337 g/mol. The van der Waals surface area contributed by atoms with E-state index in [4.69, 9.17) is 0 Å². The van der Waals surface area contributed by atoms with Gasteiger partial charge in [0.2, 0.25) is 0 Å². The molecule has 7 heteroatoms. The van der Waals surface area contributed by atoms with Gasteiger partial charge in [-0.1, -0.05) is 30.3 Å². The van der Waals surface area contributed by atoms with E-state index in [1.807, 2.05) is 35.2 Å². The summed E-state index contributed by atoms with van der Waals surface area (Å²) in [6, 6.07) is 12.0. The molecule has 1 aliphatic rings. The number of rotatable bonds is 2. The fourth-order valence-electron chi connectivity index (χ4n) is 2.84. The van der Waals surface area contributed by atoms with Crippen LogP contribution in [0.4, 0.5) is 18.3 Å². The molecule has 2 aromatic rings. The topological polar surface area (TPSA) is 39.9 Å². The van der Waals surface area contributed by atoms with Crippen molar-refractivity contribution in [3.8, 4) is 6.07 Å². The molecule has 0 N–H and O–H groups in total. The second-order valence-corrected chi connectivity index (χ2v) is 6.40. The van der Waals surface area contributed by atoms with Crippen molar-refractivity contribution < 1.29 is 13.2 Å². The summed E-state index contributed by atoms with van der Waals surface area (Å²) < 4.78 is 38.0. The molecule has 0 atom stereocenters. The third kappa shape index (κ3) is 3.04. The molecule has 1 aliphatic heterocycles. The highest BCUT2D eigenvalue weighted by molar-refractivity contribution is 7.13. The Kier molecular flexibility index (Phi) is 4.02. The molecule has 0 unspecified atom stereocenters. The molecule has 2 heterocycles. The summed E-state index contributed by atoms with van der Waals surface area (Å²) in [7, 11) is 0. The number of hydrogen-bond acceptors (Lipinski definition) is 4. The standard InChI is InChI=1S/C16H14F3N3S/c17-16(18,19)13-10-23-14(21-13)22-8-6-15(11-20,7-9-22)12-4-2-1-3-5-12/h1-5,10H,6-9H2. The maximum absolute atomic E-state index is 12.7. The van der Waals surface area contributed by atoms with E-state index in [1.54, 1.807) is 0 Å². The Hall–Kier alpha value is -2.07. The van der Waals surface area contributed by atoms with Crippen molar-refractivity contribution in [1.82, 2.24) is 4.98 Å². The van der Waals surface area contributed by atoms with Gasteiger partial charge in [-0.2, -0.15) is 18.4 Å². The van der Waals surface area contributed by atoms with Crippen molar-refractivity contribution in [3.05, 3.63) is 47.0 Å². The van der Waals surface area contributed by atoms with Crippen molar-refractivity contribution in [2.45, 2.75) is 24.4 Å². The number of thiazole rings is 1. The van der Waals surface area contributed by atoms with Crippen LogP contribution in [0.5, 0.6) is 0 Å². The van der Waals surface area contributed by atoms with E-state index in [-0.39, 0.29) is 0 Å². The lowest BCUT2D eigenvalue weighted by Gasteiger charge is -2.37. The monoisotopic (exact) mass is 337 g/mol. The molecule has 3 rings (SSSR count). The Labute approximate surface area is 136 Å². The van der Waals surface area contributed by atoms with Crippen LogP contribution in [0.15, 0.2) is 35.7 Å². The van der Waals surface area contributed by atoms with Crippen LogP contribution in [0.1, 0.15) is 24.1 Å². The highest BCUT2D eigenvalue weighted by atomic mass is 32.1. The minimum atomic E-state index is -4.41. The maximum atomic E-state index is 12.7. The second-order valence-electron chi connectivity index (χ2n) is 5.56. The predicted octanol–water partition coefficient (Wildman–Crippen LogP) is 4.22. The Bertz CT molecular complexity index is 710. The van der Waals surface area contributed by atoms with Crippen molar-refractivity contribution in [2.24, 2.45) is 0 Å². The first-order chi connectivity index (χ1) is 10.9. The minimum absolute atomic E-state index is 0.372. The number of halogens is 3. The summed E-state index contributed by atoms with van der Waals surface area (Å²) in [5, 5.41) is 11.0. The summed E-state index contributed by atoms with van der Waals surface area (Å²) in [6.45, 7) is 1.04. The summed E-state index contributed by atoms with van der Waals surface area (Å²) in [4.78, 5) is 5.52. The van der Waals surface area contributed by atoms with Crippen LogP contribution in [-0.4, -0.2) is 18.1 Å². The molecule has 1 saturated heterocycles. The lowest BCUT2D eigenvalue weighted by atomic mass is 9.74. The summed E-state index contributed by atoms with van der Waals surface area (Å²) in [6.07, 6.45) is -3.26. The molecule has 3 nitrogen and oxygen atoms in total. The number of piperidine rings is 1. The zero-order valence-electron chi connectivity index (χ0n) is 12.2. The molecule has 1 fully saturated rings. The SMILES string of the molecule is N#CC1(c2ccccc2)CCN(c2nc(C(F)(F)F)cs2)CC1. The molecule has 0 spiro atoms. The molecular formula is C16H14F3N3S. The first-order valence-corrected chi connectivity index (χ1v) is 8.07. The van der Waals surface area contributed by atoms with Crippen LogP contribution in [-0.2, 0) is 11.6 Å². The Morgan fingerprint density at radius 2 is 1.83 bits per heavy atom. The molecular weight excluding hydrogens is 323 g/mol. The van der Waals surface area contributed by atoms with E-state index >= 15 is 0 Å². The van der Waals surface area contributed by atoms with Crippen LogP contribution in [0.3, 0.4) is 0 Å². The molecule has 0 amide bonds. The molecule has 0 saturated carbocycles.